The van der Waals surface area contributed by atoms with E-state index in [1.54, 1.807) is 12.1 Å². The molecule has 0 radical (unpaired) electrons. The Kier molecular flexibility index (Phi) is 4.62. The van der Waals surface area contributed by atoms with Crippen LogP contribution < -0.4 is 10.2 Å². The van der Waals surface area contributed by atoms with Gasteiger partial charge in [0.2, 0.25) is 0 Å². The van der Waals surface area contributed by atoms with Crippen molar-refractivity contribution in [1.82, 2.24) is 15.0 Å². The van der Waals surface area contributed by atoms with E-state index < -0.39 is 0 Å². The van der Waals surface area contributed by atoms with Crippen LogP contribution in [0.4, 0.5) is 10.1 Å². The van der Waals surface area contributed by atoms with Gasteiger partial charge in [-0.2, -0.15) is 0 Å². The predicted molar refractivity (Wildman–Crippen MR) is 96.4 cm³/mol. The Bertz CT molecular complexity index is 917. The molecule has 1 aromatic heterocycles. The van der Waals surface area contributed by atoms with Crippen LogP contribution in [0.3, 0.4) is 0 Å². The molecule has 2 aromatic carbocycles. The van der Waals surface area contributed by atoms with Gasteiger partial charge in [-0.25, -0.2) is 9.07 Å². The second-order valence-electron chi connectivity index (χ2n) is 6.74. The van der Waals surface area contributed by atoms with E-state index in [1.165, 1.54) is 17.0 Å². The average Bonchev–Trinajstić information content (AvgIpc) is 3.06. The Morgan fingerprint density at radius 2 is 2.00 bits per heavy atom. The Morgan fingerprint density at radius 3 is 2.81 bits per heavy atom. The highest BCUT2D eigenvalue weighted by molar-refractivity contribution is 5.91. The topological polar surface area (TPSA) is 64.2 Å². The first-order chi connectivity index (χ1) is 12.7. The van der Waals surface area contributed by atoms with Crippen LogP contribution in [0.5, 0.6) is 0 Å². The van der Waals surface area contributed by atoms with Crippen LogP contribution in [0, 0.1) is 5.82 Å². The van der Waals surface area contributed by atoms with Crippen molar-refractivity contribution in [2.45, 2.75) is 18.9 Å². The molecule has 0 spiro atoms. The van der Waals surface area contributed by atoms with Crippen molar-refractivity contribution in [3.63, 3.8) is 0 Å². The summed E-state index contributed by atoms with van der Waals surface area (Å²) in [5, 5.41) is 11.3. The largest absolute Gasteiger partial charge is 0.327 e. The summed E-state index contributed by atoms with van der Waals surface area (Å²) in [5.74, 6) is -0.439. The molecule has 1 amide bonds. The van der Waals surface area contributed by atoms with Crippen LogP contribution >= 0.6 is 0 Å². The molecule has 6 nitrogen and oxygen atoms in total. The van der Waals surface area contributed by atoms with Gasteiger partial charge in [0.05, 0.1) is 24.6 Å². The molecule has 7 heteroatoms. The molecule has 0 atom stereocenters. The van der Waals surface area contributed by atoms with Gasteiger partial charge in [0.1, 0.15) is 11.3 Å². The quantitative estimate of drug-likeness (QED) is 0.745. The number of hydrogen-bond acceptors (Lipinski definition) is 3. The fourth-order valence-corrected chi connectivity index (χ4v) is 3.59. The number of hydrogen-bond donors (Lipinski definition) is 2. The van der Waals surface area contributed by atoms with E-state index in [4.69, 9.17) is 0 Å². The number of likely N-dealkylation sites (tertiary alicyclic amines) is 1. The number of carbonyl (C=O) groups excluding carboxylic acids is 1. The molecule has 0 bridgehead atoms. The molecule has 0 unspecified atom stereocenters. The van der Waals surface area contributed by atoms with E-state index in [2.05, 4.69) is 15.6 Å². The number of rotatable bonds is 4. The first-order valence-corrected chi connectivity index (χ1v) is 8.88. The highest BCUT2D eigenvalue weighted by Gasteiger charge is 2.26. The number of para-hydroxylation sites is 1. The van der Waals surface area contributed by atoms with Crippen LogP contribution in [0.2, 0.25) is 0 Å². The number of benzene rings is 2. The lowest BCUT2D eigenvalue weighted by Crippen LogP contribution is -3.14. The van der Waals surface area contributed by atoms with Crippen LogP contribution in [0.1, 0.15) is 18.9 Å². The van der Waals surface area contributed by atoms with Crippen molar-refractivity contribution in [3.8, 4) is 0 Å². The summed E-state index contributed by atoms with van der Waals surface area (Å²) in [7, 11) is 0. The fraction of sp³-hybridized carbons (Fsp3) is 0.316. The first-order valence-electron chi connectivity index (χ1n) is 8.88. The van der Waals surface area contributed by atoms with E-state index in [1.807, 2.05) is 28.9 Å². The highest BCUT2D eigenvalue weighted by atomic mass is 19.1. The SMILES string of the molecule is O=C(C[NH+]1CCC(n2nnc3ccccc32)CC1)Nc1cccc(F)c1. The van der Waals surface area contributed by atoms with Crippen LogP contribution in [-0.4, -0.2) is 40.5 Å². The smallest absolute Gasteiger partial charge is 0.279 e. The molecule has 0 aliphatic carbocycles. The molecule has 4 rings (SSSR count). The number of nitrogens with one attached hydrogen (secondary N) is 2. The van der Waals surface area contributed by atoms with Gasteiger partial charge >= 0.3 is 0 Å². The molecule has 2 heterocycles. The Labute approximate surface area is 150 Å². The maximum Gasteiger partial charge on any atom is 0.279 e. The molecular weight excluding hydrogens is 333 g/mol. The summed E-state index contributed by atoms with van der Waals surface area (Å²) in [6.07, 6.45) is 1.91. The molecule has 1 aliphatic rings. The molecule has 2 N–H and O–H groups in total. The monoisotopic (exact) mass is 354 g/mol. The predicted octanol–water partition coefficient (Wildman–Crippen LogP) is 1.43. The summed E-state index contributed by atoms with van der Waals surface area (Å²) in [6.45, 7) is 2.19. The van der Waals surface area contributed by atoms with Crippen molar-refractivity contribution >= 4 is 22.6 Å². The van der Waals surface area contributed by atoms with Crippen LogP contribution in [-0.2, 0) is 4.79 Å². The zero-order chi connectivity index (χ0) is 17.9. The summed E-state index contributed by atoms with van der Waals surface area (Å²) < 4.78 is 15.2. The molecule has 26 heavy (non-hydrogen) atoms. The van der Waals surface area contributed by atoms with E-state index in [0.29, 0.717) is 18.3 Å². The molecule has 1 saturated heterocycles. The highest BCUT2D eigenvalue weighted by Crippen LogP contribution is 2.21. The average molecular weight is 354 g/mol. The van der Waals surface area contributed by atoms with E-state index in [-0.39, 0.29) is 11.7 Å². The third kappa shape index (κ3) is 3.57. The van der Waals surface area contributed by atoms with Crippen molar-refractivity contribution < 1.29 is 14.1 Å². The van der Waals surface area contributed by atoms with Crippen molar-refractivity contribution in [2.24, 2.45) is 0 Å². The fourth-order valence-electron chi connectivity index (χ4n) is 3.59. The number of nitrogens with zero attached hydrogens (tertiary/aromatic N) is 3. The van der Waals surface area contributed by atoms with Gasteiger partial charge in [-0.15, -0.1) is 5.10 Å². The lowest BCUT2D eigenvalue weighted by atomic mass is 10.0. The minimum Gasteiger partial charge on any atom is -0.327 e. The zero-order valence-electron chi connectivity index (χ0n) is 14.4. The normalized spacial score (nSPS) is 20.2. The van der Waals surface area contributed by atoms with E-state index in [0.717, 1.165) is 37.0 Å². The lowest BCUT2D eigenvalue weighted by Gasteiger charge is -2.29. The number of aromatic nitrogens is 3. The Hall–Kier alpha value is -2.80. The van der Waals surface area contributed by atoms with Gasteiger partial charge in [-0.1, -0.05) is 23.4 Å². The van der Waals surface area contributed by atoms with E-state index in [9.17, 15) is 9.18 Å². The maximum atomic E-state index is 13.2. The molecule has 0 saturated carbocycles. The summed E-state index contributed by atoms with van der Waals surface area (Å²) >= 11 is 0. The zero-order valence-corrected chi connectivity index (χ0v) is 14.4. The van der Waals surface area contributed by atoms with Gasteiger partial charge in [-0.05, 0) is 30.3 Å². The minimum absolute atomic E-state index is 0.0877. The van der Waals surface area contributed by atoms with Gasteiger partial charge in [0.15, 0.2) is 6.54 Å². The first kappa shape index (κ1) is 16.7. The molecule has 1 aliphatic heterocycles. The van der Waals surface area contributed by atoms with Crippen LogP contribution in [0.15, 0.2) is 48.5 Å². The van der Waals surface area contributed by atoms with Crippen LogP contribution in [0.25, 0.3) is 11.0 Å². The maximum absolute atomic E-state index is 13.2. The van der Waals surface area contributed by atoms with Gasteiger partial charge in [0, 0.05) is 18.5 Å². The van der Waals surface area contributed by atoms with Crippen molar-refractivity contribution in [1.29, 1.82) is 0 Å². The van der Waals surface area contributed by atoms with Gasteiger partial charge in [-0.3, -0.25) is 4.79 Å². The standard InChI is InChI=1S/C19H20FN5O/c20-14-4-3-5-15(12-14)21-19(26)13-24-10-8-16(9-11-24)25-18-7-2-1-6-17(18)22-23-25/h1-7,12,16H,8-11,13H2,(H,21,26)/p+1. The molecular formula is C19H21FN5O+. The molecule has 3 aromatic rings. The molecule has 1 fully saturated rings. The number of piperidine rings is 1. The number of halogens is 1. The third-order valence-corrected chi connectivity index (χ3v) is 4.90. The van der Waals surface area contributed by atoms with Gasteiger partial charge < -0.3 is 10.2 Å². The van der Waals surface area contributed by atoms with E-state index >= 15 is 0 Å². The van der Waals surface area contributed by atoms with Crippen molar-refractivity contribution in [3.05, 3.63) is 54.3 Å². The number of quaternary nitrogens is 1. The third-order valence-electron chi connectivity index (χ3n) is 4.90. The number of carbonyl (C=O) groups is 1. The summed E-state index contributed by atoms with van der Waals surface area (Å²) in [6, 6.07) is 14.3. The van der Waals surface area contributed by atoms with Gasteiger partial charge in [0.25, 0.3) is 5.91 Å². The summed E-state index contributed by atoms with van der Waals surface area (Å²) in [5.41, 5.74) is 2.47. The Balaban J connectivity index is 1.33. The number of anilines is 1. The molecule has 134 valence electrons. The second-order valence-corrected chi connectivity index (χ2v) is 6.74. The second kappa shape index (κ2) is 7.21. The summed E-state index contributed by atoms with van der Waals surface area (Å²) in [4.78, 5) is 13.4. The lowest BCUT2D eigenvalue weighted by molar-refractivity contribution is -0.897. The minimum atomic E-state index is -0.351. The number of amides is 1. The number of fused-ring (bicyclic) bond motifs is 1. The Morgan fingerprint density at radius 1 is 1.19 bits per heavy atom. The van der Waals surface area contributed by atoms with Crippen molar-refractivity contribution in [2.75, 3.05) is 25.0 Å².